The highest BCUT2D eigenvalue weighted by molar-refractivity contribution is 5.79. The van der Waals surface area contributed by atoms with Crippen LogP contribution >= 0.6 is 0 Å². The lowest BCUT2D eigenvalue weighted by molar-refractivity contribution is -0.129. The Balaban J connectivity index is 1.85. The lowest BCUT2D eigenvalue weighted by Crippen LogP contribution is -2.27. The zero-order chi connectivity index (χ0) is 13.9. The van der Waals surface area contributed by atoms with Crippen LogP contribution in [0.3, 0.4) is 0 Å². The molecule has 0 N–H and O–H groups in total. The maximum Gasteiger partial charge on any atom is 0.223 e. The molecule has 1 unspecified atom stereocenters. The molecule has 0 spiro atoms. The van der Waals surface area contributed by atoms with Crippen LogP contribution in [0.1, 0.15) is 30.1 Å². The lowest BCUT2D eigenvalue weighted by Gasteiger charge is -2.25. The van der Waals surface area contributed by atoms with E-state index in [0.29, 0.717) is 13.0 Å². The normalized spacial score (nSPS) is 18.6. The molecule has 2 heterocycles. The fourth-order valence-corrected chi connectivity index (χ4v) is 2.66. The number of carbonyl (C=O) groups excluding carboxylic acids is 1. The van der Waals surface area contributed by atoms with Crippen molar-refractivity contribution in [1.82, 2.24) is 9.88 Å². The van der Waals surface area contributed by atoms with Crippen molar-refractivity contribution in [3.8, 4) is 0 Å². The third-order valence-corrected chi connectivity index (χ3v) is 3.62. The van der Waals surface area contributed by atoms with Gasteiger partial charge in [-0.05, 0) is 36.2 Å². The van der Waals surface area contributed by atoms with Crippen LogP contribution in [0, 0.1) is 5.82 Å². The number of aromatic nitrogens is 1. The van der Waals surface area contributed by atoms with Gasteiger partial charge in [-0.25, -0.2) is 4.39 Å². The summed E-state index contributed by atoms with van der Waals surface area (Å²) in [5.41, 5.74) is 1.70. The van der Waals surface area contributed by atoms with Crippen molar-refractivity contribution in [2.24, 2.45) is 0 Å². The van der Waals surface area contributed by atoms with Crippen LogP contribution in [0.25, 0.3) is 0 Å². The summed E-state index contributed by atoms with van der Waals surface area (Å²) in [6.07, 6.45) is 2.95. The van der Waals surface area contributed by atoms with E-state index in [1.807, 2.05) is 24.3 Å². The number of halogens is 1. The molecule has 3 nitrogen and oxygen atoms in total. The average molecular weight is 270 g/mol. The number of hydrogen-bond acceptors (Lipinski definition) is 2. The number of rotatable bonds is 3. The second kappa shape index (κ2) is 5.41. The minimum Gasteiger partial charge on any atom is -0.330 e. The average Bonchev–Trinajstić information content (AvgIpc) is 2.82. The van der Waals surface area contributed by atoms with Crippen LogP contribution in [0.5, 0.6) is 0 Å². The topological polar surface area (TPSA) is 33.2 Å². The summed E-state index contributed by atoms with van der Waals surface area (Å²) in [4.78, 5) is 18.1. The van der Waals surface area contributed by atoms with E-state index in [-0.39, 0.29) is 17.8 Å². The zero-order valence-corrected chi connectivity index (χ0v) is 11.0. The number of pyridine rings is 1. The first-order valence-electron chi connectivity index (χ1n) is 6.69. The molecule has 0 aliphatic carbocycles. The minimum absolute atomic E-state index is 0.0554. The Morgan fingerprint density at radius 2 is 2.15 bits per heavy atom. The standard InChI is InChI=1S/C16H15FN2O/c17-13-5-3-4-12(10-13)15-7-8-16(20)19(15)11-14-6-1-2-9-18-14/h1-6,9-10,15H,7-8,11H2. The molecule has 2 aromatic rings. The first kappa shape index (κ1) is 12.8. The third kappa shape index (κ3) is 2.54. The van der Waals surface area contributed by atoms with Crippen molar-refractivity contribution in [1.29, 1.82) is 0 Å². The van der Waals surface area contributed by atoms with Crippen LogP contribution in [0.4, 0.5) is 4.39 Å². The van der Waals surface area contributed by atoms with E-state index in [0.717, 1.165) is 17.7 Å². The summed E-state index contributed by atoms with van der Waals surface area (Å²) in [7, 11) is 0. The lowest BCUT2D eigenvalue weighted by atomic mass is 10.0. The van der Waals surface area contributed by atoms with Gasteiger partial charge in [-0.3, -0.25) is 9.78 Å². The largest absolute Gasteiger partial charge is 0.330 e. The minimum atomic E-state index is -0.264. The molecule has 1 aromatic carbocycles. The molecule has 1 aliphatic rings. The van der Waals surface area contributed by atoms with Crippen LogP contribution in [-0.4, -0.2) is 15.8 Å². The van der Waals surface area contributed by atoms with Crippen molar-refractivity contribution in [2.45, 2.75) is 25.4 Å². The van der Waals surface area contributed by atoms with Gasteiger partial charge in [0, 0.05) is 12.6 Å². The van der Waals surface area contributed by atoms with Gasteiger partial charge < -0.3 is 4.90 Å². The molecule has 3 rings (SSSR count). The highest BCUT2D eigenvalue weighted by Crippen LogP contribution is 2.33. The summed E-state index contributed by atoms with van der Waals surface area (Å²) >= 11 is 0. The van der Waals surface area contributed by atoms with Gasteiger partial charge >= 0.3 is 0 Å². The van der Waals surface area contributed by atoms with Gasteiger partial charge in [0.1, 0.15) is 5.82 Å². The predicted molar refractivity (Wildman–Crippen MR) is 73.2 cm³/mol. The van der Waals surface area contributed by atoms with Crippen molar-refractivity contribution in [2.75, 3.05) is 0 Å². The van der Waals surface area contributed by atoms with Gasteiger partial charge in [0.15, 0.2) is 0 Å². The number of carbonyl (C=O) groups is 1. The van der Waals surface area contributed by atoms with Gasteiger partial charge in [-0.1, -0.05) is 18.2 Å². The molecule has 0 saturated carbocycles. The molecule has 1 atom stereocenters. The monoisotopic (exact) mass is 270 g/mol. The molecule has 0 radical (unpaired) electrons. The van der Waals surface area contributed by atoms with Gasteiger partial charge in [0.05, 0.1) is 18.3 Å². The fourth-order valence-electron chi connectivity index (χ4n) is 2.66. The quantitative estimate of drug-likeness (QED) is 0.858. The van der Waals surface area contributed by atoms with Gasteiger partial charge in [-0.2, -0.15) is 0 Å². The smallest absolute Gasteiger partial charge is 0.223 e. The van der Waals surface area contributed by atoms with E-state index in [2.05, 4.69) is 4.98 Å². The maximum atomic E-state index is 13.4. The van der Waals surface area contributed by atoms with E-state index in [1.165, 1.54) is 12.1 Å². The Morgan fingerprint density at radius 1 is 1.25 bits per heavy atom. The van der Waals surface area contributed by atoms with Crippen LogP contribution in [0.2, 0.25) is 0 Å². The first-order chi connectivity index (χ1) is 9.74. The molecule has 20 heavy (non-hydrogen) atoms. The SMILES string of the molecule is O=C1CCC(c2cccc(F)c2)N1Cc1ccccn1. The maximum absolute atomic E-state index is 13.4. The zero-order valence-electron chi connectivity index (χ0n) is 11.0. The van der Waals surface area contributed by atoms with E-state index < -0.39 is 0 Å². The highest BCUT2D eigenvalue weighted by atomic mass is 19.1. The summed E-state index contributed by atoms with van der Waals surface area (Å²) in [5, 5.41) is 0. The summed E-state index contributed by atoms with van der Waals surface area (Å²) in [6, 6.07) is 12.1. The Labute approximate surface area is 117 Å². The van der Waals surface area contributed by atoms with E-state index in [1.54, 1.807) is 17.2 Å². The second-order valence-corrected chi connectivity index (χ2v) is 4.95. The summed E-state index contributed by atoms with van der Waals surface area (Å²) in [6.45, 7) is 0.473. The van der Waals surface area contributed by atoms with E-state index >= 15 is 0 Å². The van der Waals surface area contributed by atoms with Crippen LogP contribution in [0.15, 0.2) is 48.7 Å². The molecule has 4 heteroatoms. The molecular formula is C16H15FN2O. The molecule has 1 amide bonds. The molecule has 102 valence electrons. The molecule has 1 saturated heterocycles. The number of benzene rings is 1. The Bertz CT molecular complexity index is 615. The first-order valence-corrected chi connectivity index (χ1v) is 6.69. The van der Waals surface area contributed by atoms with Crippen molar-refractivity contribution < 1.29 is 9.18 Å². The Hall–Kier alpha value is -2.23. The Kier molecular flexibility index (Phi) is 3.46. The van der Waals surface area contributed by atoms with E-state index in [9.17, 15) is 9.18 Å². The summed E-state index contributed by atoms with van der Waals surface area (Å²) < 4.78 is 13.4. The summed E-state index contributed by atoms with van der Waals surface area (Å²) in [5.74, 6) is -0.162. The number of nitrogens with zero attached hydrogens (tertiary/aromatic N) is 2. The van der Waals surface area contributed by atoms with Gasteiger partial charge in [0.25, 0.3) is 0 Å². The predicted octanol–water partition coefficient (Wildman–Crippen LogP) is 3.08. The molecule has 1 aromatic heterocycles. The van der Waals surface area contributed by atoms with E-state index in [4.69, 9.17) is 0 Å². The molecule has 1 aliphatic heterocycles. The van der Waals surface area contributed by atoms with Crippen LogP contribution < -0.4 is 0 Å². The fraction of sp³-hybridized carbons (Fsp3) is 0.250. The number of likely N-dealkylation sites (tertiary alicyclic amines) is 1. The number of amides is 1. The Morgan fingerprint density at radius 3 is 2.90 bits per heavy atom. The molecule has 0 bridgehead atoms. The van der Waals surface area contributed by atoms with Crippen molar-refractivity contribution in [3.05, 3.63) is 65.7 Å². The van der Waals surface area contributed by atoms with Crippen molar-refractivity contribution in [3.63, 3.8) is 0 Å². The highest BCUT2D eigenvalue weighted by Gasteiger charge is 2.32. The molecular weight excluding hydrogens is 255 g/mol. The van der Waals surface area contributed by atoms with Gasteiger partial charge in [0.2, 0.25) is 5.91 Å². The van der Waals surface area contributed by atoms with Crippen LogP contribution in [-0.2, 0) is 11.3 Å². The van der Waals surface area contributed by atoms with Gasteiger partial charge in [-0.15, -0.1) is 0 Å². The molecule has 1 fully saturated rings. The third-order valence-electron chi connectivity index (χ3n) is 3.62. The number of hydrogen-bond donors (Lipinski definition) is 0. The van der Waals surface area contributed by atoms with Crippen molar-refractivity contribution >= 4 is 5.91 Å². The second-order valence-electron chi connectivity index (χ2n) is 4.95.